The van der Waals surface area contributed by atoms with Gasteiger partial charge in [0.2, 0.25) is 0 Å². The van der Waals surface area contributed by atoms with E-state index in [2.05, 4.69) is 0 Å². The Hall–Kier alpha value is -1.55. The lowest BCUT2D eigenvalue weighted by molar-refractivity contribution is 0.0139. The Balaban J connectivity index is 2.57. The standard InChI is InChI=1S/C16H24N2O2/c1-16(2,3)20-15(19)18-11-9-17(10-12-18)13-14-7-5-4-6-8-14/h4-8H,9-13H2,1-3H3/i9D2,10D2,11D2,12D2. The zero-order valence-corrected chi connectivity index (χ0v) is 11.8. The maximum absolute atomic E-state index is 12.6. The quantitative estimate of drug-likeness (QED) is 0.837. The van der Waals surface area contributed by atoms with E-state index in [1.165, 1.54) is 20.8 Å². The highest BCUT2D eigenvalue weighted by Crippen LogP contribution is 2.13. The molecule has 0 aromatic heterocycles. The molecule has 4 nitrogen and oxygen atoms in total. The third-order valence-electron chi connectivity index (χ3n) is 2.35. The smallest absolute Gasteiger partial charge is 0.410 e. The zero-order chi connectivity index (χ0) is 21.8. The van der Waals surface area contributed by atoms with Crippen LogP contribution in [0.4, 0.5) is 4.79 Å². The van der Waals surface area contributed by atoms with Gasteiger partial charge in [-0.2, -0.15) is 0 Å². The Bertz CT molecular complexity index is 706. The van der Waals surface area contributed by atoms with Crippen LogP contribution >= 0.6 is 0 Å². The van der Waals surface area contributed by atoms with E-state index in [0.29, 0.717) is 10.5 Å². The third kappa shape index (κ3) is 4.53. The molecular formula is C16H24N2O2. The second-order valence-electron chi connectivity index (χ2n) is 5.33. The lowest BCUT2D eigenvalue weighted by atomic mass is 10.2. The van der Waals surface area contributed by atoms with E-state index in [1.54, 1.807) is 30.3 Å². The average Bonchev–Trinajstić information content (AvgIpc) is 2.49. The molecule has 0 aliphatic carbocycles. The van der Waals surface area contributed by atoms with Crippen LogP contribution in [0.25, 0.3) is 0 Å². The number of benzene rings is 1. The summed E-state index contributed by atoms with van der Waals surface area (Å²) in [6.45, 7) is -8.49. The van der Waals surface area contributed by atoms with Gasteiger partial charge in [-0.1, -0.05) is 30.3 Å². The highest BCUT2D eigenvalue weighted by Gasteiger charge is 2.25. The maximum Gasteiger partial charge on any atom is 0.410 e. The molecule has 0 unspecified atom stereocenters. The molecule has 1 fully saturated rings. The van der Waals surface area contributed by atoms with E-state index in [0.717, 1.165) is 0 Å². The highest BCUT2D eigenvalue weighted by molar-refractivity contribution is 5.68. The second-order valence-corrected chi connectivity index (χ2v) is 5.33. The van der Waals surface area contributed by atoms with Crippen molar-refractivity contribution in [1.29, 1.82) is 0 Å². The van der Waals surface area contributed by atoms with Crippen molar-refractivity contribution in [3.63, 3.8) is 0 Å². The molecule has 1 aliphatic rings. The Labute approximate surface area is 132 Å². The molecule has 0 atom stereocenters. The number of piperazine rings is 1. The van der Waals surface area contributed by atoms with Crippen molar-refractivity contribution in [1.82, 2.24) is 9.80 Å². The molecule has 4 heteroatoms. The van der Waals surface area contributed by atoms with Crippen LogP contribution in [0.5, 0.6) is 0 Å². The van der Waals surface area contributed by atoms with Crippen LogP contribution < -0.4 is 0 Å². The molecule has 0 radical (unpaired) electrons. The molecule has 1 aromatic rings. The van der Waals surface area contributed by atoms with Gasteiger partial charge in [-0.05, 0) is 26.3 Å². The number of carbonyl (C=O) groups is 1. The number of rotatable bonds is 2. The van der Waals surface area contributed by atoms with E-state index in [1.807, 2.05) is 0 Å². The number of ether oxygens (including phenoxy) is 1. The summed E-state index contributed by atoms with van der Waals surface area (Å²) >= 11 is 0. The second kappa shape index (κ2) is 6.27. The summed E-state index contributed by atoms with van der Waals surface area (Å²) in [5, 5.41) is 0. The van der Waals surface area contributed by atoms with Crippen molar-refractivity contribution >= 4 is 6.09 Å². The third-order valence-corrected chi connectivity index (χ3v) is 2.35. The van der Waals surface area contributed by atoms with Gasteiger partial charge in [0, 0.05) is 38.0 Å². The summed E-state index contributed by atoms with van der Waals surface area (Å²) in [6, 6.07) is 8.21. The first-order valence-electron chi connectivity index (χ1n) is 10.3. The van der Waals surface area contributed by atoms with Crippen LogP contribution in [0.1, 0.15) is 37.3 Å². The monoisotopic (exact) mass is 284 g/mol. The van der Waals surface area contributed by atoms with Crippen molar-refractivity contribution in [3.8, 4) is 0 Å². The summed E-state index contributed by atoms with van der Waals surface area (Å²) < 4.78 is 71.1. The number of nitrogens with zero attached hydrogens (tertiary/aromatic N) is 2. The summed E-state index contributed by atoms with van der Waals surface area (Å²) in [5.41, 5.74) is -0.642. The van der Waals surface area contributed by atoms with E-state index >= 15 is 0 Å². The fourth-order valence-electron chi connectivity index (χ4n) is 1.52. The molecule has 1 aromatic carbocycles. The topological polar surface area (TPSA) is 32.8 Å². The fraction of sp³-hybridized carbons (Fsp3) is 0.562. The van der Waals surface area contributed by atoms with Gasteiger partial charge in [0.15, 0.2) is 0 Å². The van der Waals surface area contributed by atoms with E-state index in [4.69, 9.17) is 15.7 Å². The molecule has 1 heterocycles. The maximum atomic E-state index is 12.6. The van der Waals surface area contributed by atoms with Gasteiger partial charge in [0.05, 0.1) is 5.48 Å². The molecule has 0 bridgehead atoms. The summed E-state index contributed by atoms with van der Waals surface area (Å²) in [6.07, 6.45) is -1.48. The van der Waals surface area contributed by atoms with Crippen LogP contribution in [0.3, 0.4) is 0 Å². The van der Waals surface area contributed by atoms with Crippen LogP contribution in [0.15, 0.2) is 30.3 Å². The van der Waals surface area contributed by atoms with Gasteiger partial charge < -0.3 is 9.64 Å². The number of hydrogen-bond acceptors (Lipinski definition) is 3. The number of carbonyl (C=O) groups excluding carboxylic acids is 1. The van der Waals surface area contributed by atoms with Gasteiger partial charge in [0.1, 0.15) is 5.60 Å². The Morgan fingerprint density at radius 1 is 1.20 bits per heavy atom. The van der Waals surface area contributed by atoms with Crippen molar-refractivity contribution in [2.75, 3.05) is 26.0 Å². The van der Waals surface area contributed by atoms with E-state index in [9.17, 15) is 4.79 Å². The first kappa shape index (κ1) is 7.46. The van der Waals surface area contributed by atoms with Crippen LogP contribution in [-0.2, 0) is 11.3 Å². The predicted molar refractivity (Wildman–Crippen MR) is 79.5 cm³/mol. The fourth-order valence-corrected chi connectivity index (χ4v) is 1.52. The van der Waals surface area contributed by atoms with Gasteiger partial charge in [-0.15, -0.1) is 0 Å². The zero-order valence-electron chi connectivity index (χ0n) is 19.8. The average molecular weight is 284 g/mol. The molecule has 0 saturated carbocycles. The molecule has 0 spiro atoms. The first-order valence-corrected chi connectivity index (χ1v) is 6.31. The van der Waals surface area contributed by atoms with E-state index < -0.39 is 44.2 Å². The molecule has 1 saturated heterocycles. The van der Waals surface area contributed by atoms with Crippen LogP contribution in [-0.4, -0.2) is 47.5 Å². The summed E-state index contributed by atoms with van der Waals surface area (Å²) in [4.78, 5) is 12.9. The Morgan fingerprint density at radius 3 is 2.35 bits per heavy atom. The Kier molecular flexibility index (Phi) is 2.34. The van der Waals surface area contributed by atoms with Crippen LogP contribution in [0, 0.1) is 0 Å². The molecule has 0 N–H and O–H groups in total. The largest absolute Gasteiger partial charge is 0.444 e. The van der Waals surface area contributed by atoms with Crippen molar-refractivity contribution in [2.45, 2.75) is 32.9 Å². The number of hydrogen-bond donors (Lipinski definition) is 0. The minimum absolute atomic E-state index is 0.104. The lowest BCUT2D eigenvalue weighted by Gasteiger charge is -2.35. The predicted octanol–water partition coefficient (Wildman–Crippen LogP) is 2.74. The van der Waals surface area contributed by atoms with Crippen molar-refractivity contribution in [3.05, 3.63) is 35.9 Å². The summed E-state index contributed by atoms with van der Waals surface area (Å²) in [7, 11) is 0. The highest BCUT2D eigenvalue weighted by atomic mass is 16.6. The van der Waals surface area contributed by atoms with Gasteiger partial charge >= 0.3 is 6.09 Å². The van der Waals surface area contributed by atoms with Gasteiger partial charge in [-0.3, -0.25) is 4.90 Å². The summed E-state index contributed by atoms with van der Waals surface area (Å²) in [5.74, 6) is 0. The molecule has 1 aliphatic heterocycles. The molecule has 20 heavy (non-hydrogen) atoms. The normalized spacial score (nSPS) is 33.0. The lowest BCUT2D eigenvalue weighted by Crippen LogP contribution is -2.49. The van der Waals surface area contributed by atoms with Gasteiger partial charge in [-0.25, -0.2) is 4.79 Å². The minimum atomic E-state index is -3.22. The molecular weight excluding hydrogens is 252 g/mol. The van der Waals surface area contributed by atoms with Crippen molar-refractivity contribution < 1.29 is 20.5 Å². The first-order chi connectivity index (χ1) is 12.5. The Morgan fingerprint density at radius 2 is 1.80 bits per heavy atom. The van der Waals surface area contributed by atoms with Gasteiger partial charge in [0.25, 0.3) is 0 Å². The molecule has 2 rings (SSSR count). The number of amides is 1. The molecule has 110 valence electrons. The molecule has 1 amide bonds. The van der Waals surface area contributed by atoms with E-state index in [-0.39, 0.29) is 4.90 Å². The van der Waals surface area contributed by atoms with Crippen LogP contribution in [0.2, 0.25) is 0 Å². The minimum Gasteiger partial charge on any atom is -0.444 e. The SMILES string of the molecule is [2H]C1([2H])N(Cc2ccccc2)C([2H])([2H])C([2H])([2H])N(C(=O)OC(C)(C)C)C1([2H])[2H]. The van der Waals surface area contributed by atoms with Crippen molar-refractivity contribution in [2.24, 2.45) is 0 Å².